The second kappa shape index (κ2) is 7.23. The van der Waals surface area contributed by atoms with Crippen LogP contribution < -0.4 is 5.32 Å². The molecule has 0 radical (unpaired) electrons. The molecule has 3 N–H and O–H groups in total. The smallest absolute Gasteiger partial charge is 0.162 e. The summed E-state index contributed by atoms with van der Waals surface area (Å²) < 4.78 is 13.9. The van der Waals surface area contributed by atoms with E-state index in [0.29, 0.717) is 39.8 Å². The van der Waals surface area contributed by atoms with Crippen LogP contribution in [-0.2, 0) is 6.54 Å². The molecule has 0 amide bonds. The van der Waals surface area contributed by atoms with Crippen LogP contribution in [0.5, 0.6) is 5.75 Å². The van der Waals surface area contributed by atoms with Gasteiger partial charge in [0.2, 0.25) is 0 Å². The van der Waals surface area contributed by atoms with Crippen LogP contribution >= 0.6 is 11.6 Å². The predicted molar refractivity (Wildman–Crippen MR) is 113 cm³/mol. The van der Waals surface area contributed by atoms with Gasteiger partial charge in [0.05, 0.1) is 22.6 Å². The first-order valence-corrected chi connectivity index (χ1v) is 9.43. The van der Waals surface area contributed by atoms with Crippen molar-refractivity contribution in [2.45, 2.75) is 6.54 Å². The molecule has 0 saturated heterocycles. The van der Waals surface area contributed by atoms with Gasteiger partial charge in [0.15, 0.2) is 11.5 Å². The van der Waals surface area contributed by atoms with E-state index in [1.807, 2.05) is 18.2 Å². The first kappa shape index (κ1) is 18.3. The number of H-pyrrole nitrogens is 1. The van der Waals surface area contributed by atoms with Gasteiger partial charge in [0.25, 0.3) is 0 Å². The Hall–Kier alpha value is -3.78. The zero-order valence-corrected chi connectivity index (χ0v) is 16.2. The summed E-state index contributed by atoms with van der Waals surface area (Å²) in [6.07, 6.45) is 2.97. The summed E-state index contributed by atoms with van der Waals surface area (Å²) in [4.78, 5) is 20.2. The number of phenols is 1. The van der Waals surface area contributed by atoms with E-state index in [0.717, 1.165) is 10.9 Å². The van der Waals surface area contributed by atoms with Crippen LogP contribution in [0.4, 0.5) is 10.2 Å². The molecule has 0 aliphatic carbocycles. The van der Waals surface area contributed by atoms with E-state index in [2.05, 4.69) is 30.2 Å². The number of nitrogens with one attached hydrogen (secondary N) is 2. The normalized spacial score (nSPS) is 11.3. The number of phenolic OH excluding ortho intramolecular Hbond substituents is 1. The van der Waals surface area contributed by atoms with Gasteiger partial charge >= 0.3 is 0 Å². The Morgan fingerprint density at radius 3 is 2.87 bits per heavy atom. The average molecular weight is 421 g/mol. The topological polar surface area (TPSA) is 99.6 Å². The second-order valence-corrected chi connectivity index (χ2v) is 7.05. The van der Waals surface area contributed by atoms with Gasteiger partial charge in [0.1, 0.15) is 23.4 Å². The van der Waals surface area contributed by atoms with Crippen molar-refractivity contribution in [1.82, 2.24) is 24.9 Å². The highest BCUT2D eigenvalue weighted by molar-refractivity contribution is 6.35. The van der Waals surface area contributed by atoms with Gasteiger partial charge in [-0.2, -0.15) is 0 Å². The van der Waals surface area contributed by atoms with Gasteiger partial charge in [0, 0.05) is 17.5 Å². The molecule has 5 aromatic rings. The number of nitrogens with zero attached hydrogens (tertiary/aromatic N) is 4. The number of pyridine rings is 1. The van der Waals surface area contributed by atoms with Crippen molar-refractivity contribution in [3.8, 4) is 17.0 Å². The third-order valence-electron chi connectivity index (χ3n) is 4.75. The molecule has 0 aliphatic rings. The minimum Gasteiger partial charge on any atom is -0.507 e. The minimum atomic E-state index is -0.475. The molecule has 0 spiro atoms. The number of para-hydroxylation sites is 1. The highest BCUT2D eigenvalue weighted by Gasteiger charge is 2.16. The molecule has 3 aromatic heterocycles. The average Bonchev–Trinajstić information content (AvgIpc) is 3.23. The molecule has 0 fully saturated rings. The number of rotatable bonds is 4. The van der Waals surface area contributed by atoms with E-state index in [4.69, 9.17) is 11.6 Å². The molecule has 3 heterocycles. The van der Waals surface area contributed by atoms with Crippen LogP contribution in [0, 0.1) is 5.82 Å². The van der Waals surface area contributed by atoms with Crippen LogP contribution in [0.1, 0.15) is 5.56 Å². The van der Waals surface area contributed by atoms with Crippen molar-refractivity contribution < 1.29 is 9.50 Å². The lowest BCUT2D eigenvalue weighted by atomic mass is 10.0. The Balaban J connectivity index is 1.64. The third kappa shape index (κ3) is 3.17. The van der Waals surface area contributed by atoms with Crippen molar-refractivity contribution in [3.05, 3.63) is 71.5 Å². The van der Waals surface area contributed by atoms with Crippen LogP contribution in [0.2, 0.25) is 5.02 Å². The van der Waals surface area contributed by atoms with Crippen molar-refractivity contribution >= 4 is 39.5 Å². The summed E-state index contributed by atoms with van der Waals surface area (Å²) >= 11 is 6.32. The maximum absolute atomic E-state index is 13.9. The van der Waals surface area contributed by atoms with Crippen molar-refractivity contribution in [3.63, 3.8) is 0 Å². The number of fused-ring (bicyclic) bond motifs is 2. The summed E-state index contributed by atoms with van der Waals surface area (Å²) in [6.45, 7) is 0.305. The molecule has 0 atom stereocenters. The molecule has 7 nitrogen and oxygen atoms in total. The number of anilines is 1. The molecule has 2 aromatic carbocycles. The Kier molecular flexibility index (Phi) is 4.40. The first-order chi connectivity index (χ1) is 14.6. The van der Waals surface area contributed by atoms with Crippen LogP contribution in [0.25, 0.3) is 33.3 Å². The monoisotopic (exact) mass is 420 g/mol. The summed E-state index contributed by atoms with van der Waals surface area (Å²) in [5.41, 5.74) is 3.21. The van der Waals surface area contributed by atoms with E-state index in [1.165, 1.54) is 24.5 Å². The number of imidazole rings is 1. The number of benzene rings is 2. The fourth-order valence-corrected chi connectivity index (χ4v) is 3.57. The Labute approximate surface area is 174 Å². The maximum Gasteiger partial charge on any atom is 0.162 e. The standard InChI is InChI=1S/C21H14ClFN6O/c22-15-3-1-2-11-6-12(8-24-20-19-21(26-9-25-19)28-10-27-20)17(29-18(11)15)14-7-13(23)4-5-16(14)30/h1-7,9-10,30H,8H2,(H2,24,25,26,27,28). The van der Waals surface area contributed by atoms with Crippen LogP contribution in [0.3, 0.4) is 0 Å². The fraction of sp³-hybridized carbons (Fsp3) is 0.0476. The highest BCUT2D eigenvalue weighted by atomic mass is 35.5. The van der Waals surface area contributed by atoms with Gasteiger partial charge in [-0.15, -0.1) is 0 Å². The van der Waals surface area contributed by atoms with Gasteiger partial charge in [-0.25, -0.2) is 24.3 Å². The quantitative estimate of drug-likeness (QED) is 0.390. The van der Waals surface area contributed by atoms with Crippen LogP contribution in [-0.4, -0.2) is 30.0 Å². The molecule has 0 unspecified atom stereocenters. The molecule has 30 heavy (non-hydrogen) atoms. The molecule has 0 saturated carbocycles. The molecule has 0 aliphatic heterocycles. The predicted octanol–water partition coefficient (Wildman–Crippen LogP) is 4.68. The third-order valence-corrected chi connectivity index (χ3v) is 5.06. The van der Waals surface area contributed by atoms with E-state index in [1.54, 1.807) is 12.4 Å². The molecular weight excluding hydrogens is 407 g/mol. The molecule has 9 heteroatoms. The lowest BCUT2D eigenvalue weighted by Gasteiger charge is -2.14. The maximum atomic E-state index is 13.9. The number of aromatic hydroxyl groups is 1. The minimum absolute atomic E-state index is 0.0757. The number of aromatic amines is 1. The van der Waals surface area contributed by atoms with Crippen molar-refractivity contribution in [1.29, 1.82) is 0 Å². The molecular formula is C21H14ClFN6O. The molecule has 5 rings (SSSR count). The van der Waals surface area contributed by atoms with E-state index in [-0.39, 0.29) is 11.3 Å². The Morgan fingerprint density at radius 1 is 1.07 bits per heavy atom. The zero-order chi connectivity index (χ0) is 20.7. The van der Waals surface area contributed by atoms with E-state index >= 15 is 0 Å². The first-order valence-electron chi connectivity index (χ1n) is 9.05. The molecule has 0 bridgehead atoms. The van der Waals surface area contributed by atoms with Crippen molar-refractivity contribution in [2.24, 2.45) is 0 Å². The summed E-state index contributed by atoms with van der Waals surface area (Å²) in [5.74, 6) is -0.00747. The van der Waals surface area contributed by atoms with Gasteiger partial charge in [-0.3, -0.25) is 0 Å². The number of hydrogen-bond acceptors (Lipinski definition) is 6. The second-order valence-electron chi connectivity index (χ2n) is 6.64. The van der Waals surface area contributed by atoms with Gasteiger partial charge in [-0.1, -0.05) is 23.7 Å². The van der Waals surface area contributed by atoms with E-state index in [9.17, 15) is 9.50 Å². The Bertz CT molecular complexity index is 1400. The summed E-state index contributed by atoms with van der Waals surface area (Å²) in [7, 11) is 0. The number of hydrogen-bond donors (Lipinski definition) is 3. The molecule has 148 valence electrons. The van der Waals surface area contributed by atoms with Crippen molar-refractivity contribution in [2.75, 3.05) is 5.32 Å². The largest absolute Gasteiger partial charge is 0.507 e. The van der Waals surface area contributed by atoms with E-state index < -0.39 is 5.82 Å². The summed E-state index contributed by atoms with van der Waals surface area (Å²) in [6, 6.07) is 11.1. The van der Waals surface area contributed by atoms with Gasteiger partial charge < -0.3 is 15.4 Å². The lowest BCUT2D eigenvalue weighted by molar-refractivity contribution is 0.475. The highest BCUT2D eigenvalue weighted by Crippen LogP contribution is 2.34. The fourth-order valence-electron chi connectivity index (χ4n) is 3.34. The number of halogens is 2. The SMILES string of the molecule is Oc1ccc(F)cc1-c1nc2c(Cl)cccc2cc1CNc1ncnc2[nH]cnc12. The summed E-state index contributed by atoms with van der Waals surface area (Å²) in [5, 5.41) is 14.9. The lowest BCUT2D eigenvalue weighted by Crippen LogP contribution is -2.05. The van der Waals surface area contributed by atoms with Gasteiger partial charge in [-0.05, 0) is 35.9 Å². The van der Waals surface area contributed by atoms with Crippen LogP contribution in [0.15, 0.2) is 55.1 Å². The number of aromatic nitrogens is 5. The zero-order valence-electron chi connectivity index (χ0n) is 15.4. The Morgan fingerprint density at radius 2 is 1.97 bits per heavy atom.